The molecule has 0 aliphatic heterocycles. The lowest BCUT2D eigenvalue weighted by Crippen LogP contribution is -2.24. The van der Waals surface area contributed by atoms with Crippen LogP contribution in [-0.2, 0) is 6.42 Å². The van der Waals surface area contributed by atoms with E-state index < -0.39 is 12.7 Å². The molecule has 1 atom stereocenters. The minimum absolute atomic E-state index is 0.406. The van der Waals surface area contributed by atoms with Crippen LogP contribution < -0.4 is 5.73 Å². The Morgan fingerprint density at radius 3 is 2.33 bits per heavy atom. The molecule has 0 amide bonds. The number of nitrogens with two attached hydrogens (primary N) is 1. The summed E-state index contributed by atoms with van der Waals surface area (Å²) in [6.07, 6.45) is 2.43. The molecule has 2 rings (SSSR count). The first-order valence-electron chi connectivity index (χ1n) is 6.02. The fraction of sp³-hybridized carbons (Fsp3) is 0.267. The van der Waals surface area contributed by atoms with Crippen LogP contribution in [0, 0.1) is 6.92 Å². The number of aromatic nitrogens is 1. The van der Waals surface area contributed by atoms with Gasteiger partial charge in [0, 0.05) is 23.5 Å². The molecule has 2 aromatic rings. The number of hydrogen-bond donors (Lipinski definition) is 1. The summed E-state index contributed by atoms with van der Waals surface area (Å²) in [6, 6.07) is 11.7. The Labute approximate surface area is 107 Å². The van der Waals surface area contributed by atoms with Gasteiger partial charge in [-0.15, -0.1) is 0 Å². The molecule has 0 aliphatic rings. The fourth-order valence-corrected chi connectivity index (χ4v) is 1.83. The maximum atomic E-state index is 12.3. The number of alkyl halides is 1. The first kappa shape index (κ1) is 12.7. The van der Waals surface area contributed by atoms with E-state index in [9.17, 15) is 4.39 Å². The van der Waals surface area contributed by atoms with Crippen molar-refractivity contribution in [3.8, 4) is 11.1 Å². The average Bonchev–Trinajstić information content (AvgIpc) is 2.40. The van der Waals surface area contributed by atoms with Gasteiger partial charge in [0.1, 0.15) is 6.67 Å². The molecule has 1 aromatic carbocycles. The Morgan fingerprint density at radius 1 is 1.11 bits per heavy atom. The van der Waals surface area contributed by atoms with Gasteiger partial charge in [-0.3, -0.25) is 4.98 Å². The predicted octanol–water partition coefficient (Wildman–Crippen LogP) is 2.90. The summed E-state index contributed by atoms with van der Waals surface area (Å²) in [7, 11) is 0. The highest BCUT2D eigenvalue weighted by molar-refractivity contribution is 5.62. The maximum absolute atomic E-state index is 12.3. The summed E-state index contributed by atoms with van der Waals surface area (Å²) in [5, 5.41) is 0. The molecule has 2 N–H and O–H groups in total. The largest absolute Gasteiger partial charge is 0.325 e. The van der Waals surface area contributed by atoms with E-state index in [1.807, 2.05) is 49.5 Å². The van der Waals surface area contributed by atoms with E-state index in [1.54, 1.807) is 0 Å². The number of pyridine rings is 1. The van der Waals surface area contributed by atoms with Gasteiger partial charge in [-0.25, -0.2) is 4.39 Å². The first-order chi connectivity index (χ1) is 8.69. The van der Waals surface area contributed by atoms with Crippen molar-refractivity contribution in [3.63, 3.8) is 0 Å². The zero-order valence-corrected chi connectivity index (χ0v) is 10.4. The van der Waals surface area contributed by atoms with Gasteiger partial charge in [0.05, 0.1) is 0 Å². The summed E-state index contributed by atoms with van der Waals surface area (Å²) >= 11 is 0. The van der Waals surface area contributed by atoms with E-state index in [0.29, 0.717) is 6.42 Å². The summed E-state index contributed by atoms with van der Waals surface area (Å²) in [4.78, 5) is 4.27. The molecule has 0 radical (unpaired) electrons. The van der Waals surface area contributed by atoms with Crippen molar-refractivity contribution in [3.05, 3.63) is 53.9 Å². The molecule has 1 aromatic heterocycles. The van der Waals surface area contributed by atoms with Gasteiger partial charge in [0.15, 0.2) is 0 Å². The quantitative estimate of drug-likeness (QED) is 0.898. The third-order valence-electron chi connectivity index (χ3n) is 2.89. The molecular weight excluding hydrogens is 227 g/mol. The summed E-state index contributed by atoms with van der Waals surface area (Å²) in [6.45, 7) is 1.48. The topological polar surface area (TPSA) is 38.9 Å². The number of aryl methyl sites for hydroxylation is 1. The van der Waals surface area contributed by atoms with Crippen molar-refractivity contribution in [2.75, 3.05) is 6.67 Å². The van der Waals surface area contributed by atoms with E-state index >= 15 is 0 Å². The Morgan fingerprint density at radius 2 is 1.78 bits per heavy atom. The van der Waals surface area contributed by atoms with Gasteiger partial charge < -0.3 is 5.73 Å². The number of nitrogens with zero attached hydrogens (tertiary/aromatic N) is 1. The van der Waals surface area contributed by atoms with E-state index in [4.69, 9.17) is 5.73 Å². The second kappa shape index (κ2) is 5.74. The molecular formula is C15H17FN2. The van der Waals surface area contributed by atoms with Gasteiger partial charge in [0.25, 0.3) is 0 Å². The van der Waals surface area contributed by atoms with Crippen LogP contribution in [0.3, 0.4) is 0 Å². The highest BCUT2D eigenvalue weighted by atomic mass is 19.1. The lowest BCUT2D eigenvalue weighted by Gasteiger charge is -2.08. The van der Waals surface area contributed by atoms with Crippen LogP contribution in [0.15, 0.2) is 42.6 Å². The van der Waals surface area contributed by atoms with E-state index in [2.05, 4.69) is 4.98 Å². The molecule has 3 heteroatoms. The standard InChI is InChI=1S/C15H17FN2/c1-11-2-5-14(10-18-11)13-6-3-12(4-7-13)8-15(17)9-16/h2-7,10,15H,8-9,17H2,1H3/t15-/m0/s1. The highest BCUT2D eigenvalue weighted by Gasteiger charge is 2.04. The normalized spacial score (nSPS) is 12.4. The van der Waals surface area contributed by atoms with Crippen molar-refractivity contribution in [1.82, 2.24) is 4.98 Å². The van der Waals surface area contributed by atoms with Crippen molar-refractivity contribution in [2.45, 2.75) is 19.4 Å². The molecule has 0 fully saturated rings. The van der Waals surface area contributed by atoms with Crippen LogP contribution in [0.1, 0.15) is 11.3 Å². The number of benzene rings is 1. The van der Waals surface area contributed by atoms with Crippen LogP contribution in [-0.4, -0.2) is 17.7 Å². The molecule has 0 spiro atoms. The van der Waals surface area contributed by atoms with Crippen LogP contribution in [0.4, 0.5) is 4.39 Å². The number of halogens is 1. The van der Waals surface area contributed by atoms with Crippen LogP contribution >= 0.6 is 0 Å². The predicted molar refractivity (Wildman–Crippen MR) is 72.1 cm³/mol. The zero-order chi connectivity index (χ0) is 13.0. The lowest BCUT2D eigenvalue weighted by molar-refractivity contribution is 0.427. The smallest absolute Gasteiger partial charge is 0.105 e. The fourth-order valence-electron chi connectivity index (χ4n) is 1.83. The summed E-state index contributed by atoms with van der Waals surface area (Å²) in [5.41, 5.74) is 9.85. The molecule has 2 nitrogen and oxygen atoms in total. The molecule has 0 unspecified atom stereocenters. The van der Waals surface area contributed by atoms with Gasteiger partial charge in [0.2, 0.25) is 0 Å². The Kier molecular flexibility index (Phi) is 4.05. The first-order valence-corrected chi connectivity index (χ1v) is 6.02. The van der Waals surface area contributed by atoms with Crippen molar-refractivity contribution in [2.24, 2.45) is 5.73 Å². The average molecular weight is 244 g/mol. The molecule has 1 heterocycles. The van der Waals surface area contributed by atoms with Crippen LogP contribution in [0.25, 0.3) is 11.1 Å². The van der Waals surface area contributed by atoms with E-state index in [1.165, 1.54) is 0 Å². The van der Waals surface area contributed by atoms with Crippen molar-refractivity contribution >= 4 is 0 Å². The molecule has 0 saturated carbocycles. The summed E-state index contributed by atoms with van der Waals surface area (Å²) < 4.78 is 12.3. The van der Waals surface area contributed by atoms with Crippen LogP contribution in [0.2, 0.25) is 0 Å². The van der Waals surface area contributed by atoms with Gasteiger partial charge in [-0.2, -0.15) is 0 Å². The number of hydrogen-bond acceptors (Lipinski definition) is 2. The molecule has 94 valence electrons. The number of rotatable bonds is 4. The summed E-state index contributed by atoms with van der Waals surface area (Å²) in [5.74, 6) is 0. The Balaban J connectivity index is 2.14. The monoisotopic (exact) mass is 244 g/mol. The zero-order valence-electron chi connectivity index (χ0n) is 10.4. The maximum Gasteiger partial charge on any atom is 0.105 e. The SMILES string of the molecule is Cc1ccc(-c2ccc(C[C@H](N)CF)cc2)cn1. The Hall–Kier alpha value is -1.74. The van der Waals surface area contributed by atoms with Crippen molar-refractivity contribution in [1.29, 1.82) is 0 Å². The van der Waals surface area contributed by atoms with E-state index in [0.717, 1.165) is 22.4 Å². The minimum atomic E-state index is -0.483. The second-order valence-electron chi connectivity index (χ2n) is 4.50. The third kappa shape index (κ3) is 3.14. The molecule has 18 heavy (non-hydrogen) atoms. The lowest BCUT2D eigenvalue weighted by atomic mass is 10.0. The van der Waals surface area contributed by atoms with Gasteiger partial charge in [-0.05, 0) is 30.5 Å². The molecule has 0 saturated heterocycles. The Bertz CT molecular complexity index is 491. The van der Waals surface area contributed by atoms with E-state index in [-0.39, 0.29) is 0 Å². The van der Waals surface area contributed by atoms with Gasteiger partial charge >= 0.3 is 0 Å². The molecule has 0 aliphatic carbocycles. The van der Waals surface area contributed by atoms with Gasteiger partial charge in [-0.1, -0.05) is 30.3 Å². The highest BCUT2D eigenvalue weighted by Crippen LogP contribution is 2.19. The van der Waals surface area contributed by atoms with Crippen molar-refractivity contribution < 1.29 is 4.39 Å². The van der Waals surface area contributed by atoms with Crippen LogP contribution in [0.5, 0.6) is 0 Å². The minimum Gasteiger partial charge on any atom is -0.325 e. The molecule has 0 bridgehead atoms. The third-order valence-corrected chi connectivity index (χ3v) is 2.89. The second-order valence-corrected chi connectivity index (χ2v) is 4.50.